The lowest BCUT2D eigenvalue weighted by Crippen LogP contribution is -2.38. The third-order valence-electron chi connectivity index (χ3n) is 4.24. The SMILES string of the molecule is COc1ccc(CO[C@](C)(CCC=C(C)C)[C@@H](C)CO)cc1. The van der Waals surface area contributed by atoms with E-state index in [2.05, 4.69) is 26.8 Å². The van der Waals surface area contributed by atoms with E-state index in [1.54, 1.807) is 7.11 Å². The second kappa shape index (κ2) is 8.96. The minimum atomic E-state index is -0.333. The van der Waals surface area contributed by atoms with Gasteiger partial charge in [-0.3, -0.25) is 0 Å². The molecule has 1 aromatic rings. The van der Waals surface area contributed by atoms with Crippen molar-refractivity contribution in [1.82, 2.24) is 0 Å². The van der Waals surface area contributed by atoms with E-state index < -0.39 is 0 Å². The van der Waals surface area contributed by atoms with Crippen LogP contribution in [0.25, 0.3) is 0 Å². The minimum absolute atomic E-state index is 0.0938. The van der Waals surface area contributed by atoms with E-state index in [0.717, 1.165) is 24.2 Å². The molecule has 2 atom stereocenters. The van der Waals surface area contributed by atoms with Crippen LogP contribution in [0.1, 0.15) is 46.1 Å². The van der Waals surface area contributed by atoms with Gasteiger partial charge in [0.25, 0.3) is 0 Å². The van der Waals surface area contributed by atoms with Gasteiger partial charge in [0.2, 0.25) is 0 Å². The molecule has 0 aromatic heterocycles. The predicted molar refractivity (Wildman–Crippen MR) is 91.1 cm³/mol. The second-order valence-electron chi connectivity index (χ2n) is 6.35. The van der Waals surface area contributed by atoms with Crippen molar-refractivity contribution in [2.75, 3.05) is 13.7 Å². The third-order valence-corrected chi connectivity index (χ3v) is 4.24. The predicted octanol–water partition coefficient (Wildman–Crippen LogP) is 4.35. The van der Waals surface area contributed by atoms with Gasteiger partial charge in [-0.15, -0.1) is 0 Å². The summed E-state index contributed by atoms with van der Waals surface area (Å²) in [7, 11) is 1.66. The fourth-order valence-corrected chi connectivity index (χ4v) is 2.27. The molecule has 3 nitrogen and oxygen atoms in total. The average molecular weight is 306 g/mol. The zero-order valence-electron chi connectivity index (χ0n) is 14.6. The lowest BCUT2D eigenvalue weighted by Gasteiger charge is -2.35. The Morgan fingerprint density at radius 2 is 1.91 bits per heavy atom. The number of hydrogen-bond acceptors (Lipinski definition) is 3. The van der Waals surface area contributed by atoms with E-state index in [1.807, 2.05) is 31.2 Å². The van der Waals surface area contributed by atoms with Crippen LogP contribution in [0.2, 0.25) is 0 Å². The Morgan fingerprint density at radius 1 is 1.27 bits per heavy atom. The summed E-state index contributed by atoms with van der Waals surface area (Å²) >= 11 is 0. The number of aliphatic hydroxyl groups excluding tert-OH is 1. The Hall–Kier alpha value is -1.32. The van der Waals surface area contributed by atoms with Crippen LogP contribution in [0, 0.1) is 5.92 Å². The highest BCUT2D eigenvalue weighted by molar-refractivity contribution is 5.26. The van der Waals surface area contributed by atoms with E-state index in [0.29, 0.717) is 6.61 Å². The molecule has 1 aromatic carbocycles. The summed E-state index contributed by atoms with van der Waals surface area (Å²) in [4.78, 5) is 0. The molecule has 0 saturated carbocycles. The first-order chi connectivity index (χ1) is 10.4. The first-order valence-corrected chi connectivity index (χ1v) is 7.92. The van der Waals surface area contributed by atoms with E-state index in [4.69, 9.17) is 9.47 Å². The van der Waals surface area contributed by atoms with E-state index in [-0.39, 0.29) is 18.1 Å². The summed E-state index contributed by atoms with van der Waals surface area (Å²) < 4.78 is 11.4. The normalized spacial score (nSPS) is 15.0. The van der Waals surface area contributed by atoms with E-state index >= 15 is 0 Å². The van der Waals surface area contributed by atoms with E-state index in [9.17, 15) is 5.11 Å². The number of allylic oxidation sites excluding steroid dienone is 2. The molecule has 0 aliphatic heterocycles. The van der Waals surface area contributed by atoms with Crippen LogP contribution in [0.15, 0.2) is 35.9 Å². The first kappa shape index (κ1) is 18.7. The van der Waals surface area contributed by atoms with Crippen LogP contribution in [0.3, 0.4) is 0 Å². The van der Waals surface area contributed by atoms with Gasteiger partial charge in [0.1, 0.15) is 5.75 Å². The van der Waals surface area contributed by atoms with Crippen molar-refractivity contribution in [2.24, 2.45) is 5.92 Å². The summed E-state index contributed by atoms with van der Waals surface area (Å²) in [5.41, 5.74) is 2.09. The van der Waals surface area contributed by atoms with Gasteiger partial charge in [0, 0.05) is 12.5 Å². The van der Waals surface area contributed by atoms with Crippen LogP contribution in [0.5, 0.6) is 5.75 Å². The van der Waals surface area contributed by atoms with Gasteiger partial charge < -0.3 is 14.6 Å². The molecule has 0 radical (unpaired) electrons. The van der Waals surface area contributed by atoms with Crippen molar-refractivity contribution in [3.05, 3.63) is 41.5 Å². The van der Waals surface area contributed by atoms with E-state index in [1.165, 1.54) is 5.57 Å². The Balaban J connectivity index is 2.68. The molecule has 124 valence electrons. The number of aliphatic hydroxyl groups is 1. The van der Waals surface area contributed by atoms with Gasteiger partial charge in [-0.1, -0.05) is 30.7 Å². The highest BCUT2D eigenvalue weighted by Crippen LogP contribution is 2.29. The molecule has 1 N–H and O–H groups in total. The van der Waals surface area contributed by atoms with Crippen LogP contribution >= 0.6 is 0 Å². The molecule has 3 heteroatoms. The molecular weight excluding hydrogens is 276 g/mol. The fourth-order valence-electron chi connectivity index (χ4n) is 2.27. The van der Waals surface area contributed by atoms with Gasteiger partial charge in [0.15, 0.2) is 0 Å². The molecule has 0 heterocycles. The van der Waals surface area contributed by atoms with Crippen LogP contribution in [0.4, 0.5) is 0 Å². The molecule has 22 heavy (non-hydrogen) atoms. The number of hydrogen-bond donors (Lipinski definition) is 1. The number of ether oxygens (including phenoxy) is 2. The third kappa shape index (κ3) is 5.82. The van der Waals surface area contributed by atoms with Crippen LogP contribution in [-0.2, 0) is 11.3 Å². The minimum Gasteiger partial charge on any atom is -0.497 e. The summed E-state index contributed by atoms with van der Waals surface area (Å²) in [5, 5.41) is 9.53. The molecule has 0 aliphatic carbocycles. The van der Waals surface area contributed by atoms with Gasteiger partial charge in [0.05, 0.1) is 19.3 Å². The first-order valence-electron chi connectivity index (χ1n) is 7.92. The van der Waals surface area contributed by atoms with Crippen molar-refractivity contribution in [1.29, 1.82) is 0 Å². The summed E-state index contributed by atoms with van der Waals surface area (Å²) in [6.07, 6.45) is 4.08. The fraction of sp³-hybridized carbons (Fsp3) is 0.579. The number of methoxy groups -OCH3 is 1. The highest BCUT2D eigenvalue weighted by Gasteiger charge is 2.31. The monoisotopic (exact) mass is 306 g/mol. The molecule has 1 rings (SSSR count). The Kier molecular flexibility index (Phi) is 7.63. The Morgan fingerprint density at radius 3 is 2.41 bits per heavy atom. The second-order valence-corrected chi connectivity index (χ2v) is 6.35. The lowest BCUT2D eigenvalue weighted by atomic mass is 9.86. The molecule has 0 bridgehead atoms. The summed E-state index contributed by atoms with van der Waals surface area (Å²) in [6.45, 7) is 9.01. The maximum Gasteiger partial charge on any atom is 0.118 e. The highest BCUT2D eigenvalue weighted by atomic mass is 16.5. The van der Waals surface area contributed by atoms with Gasteiger partial charge >= 0.3 is 0 Å². The van der Waals surface area contributed by atoms with Crippen molar-refractivity contribution >= 4 is 0 Å². The van der Waals surface area contributed by atoms with Crippen molar-refractivity contribution in [3.8, 4) is 5.75 Å². The Labute approximate surface area is 135 Å². The lowest BCUT2D eigenvalue weighted by molar-refractivity contribution is -0.0957. The molecule has 0 aliphatic rings. The summed E-state index contributed by atoms with van der Waals surface area (Å²) in [6, 6.07) is 7.90. The molecule has 0 fully saturated rings. The van der Waals surface area contributed by atoms with Crippen LogP contribution < -0.4 is 4.74 Å². The molecule has 0 unspecified atom stereocenters. The van der Waals surface area contributed by atoms with Crippen molar-refractivity contribution < 1.29 is 14.6 Å². The van der Waals surface area contributed by atoms with Gasteiger partial charge in [-0.05, 0) is 51.3 Å². The number of rotatable bonds is 9. The van der Waals surface area contributed by atoms with Gasteiger partial charge in [-0.25, -0.2) is 0 Å². The molecule has 0 saturated heterocycles. The largest absolute Gasteiger partial charge is 0.497 e. The smallest absolute Gasteiger partial charge is 0.118 e. The molecule has 0 amide bonds. The molecular formula is C19H30O3. The van der Waals surface area contributed by atoms with Crippen LogP contribution in [-0.4, -0.2) is 24.4 Å². The topological polar surface area (TPSA) is 38.7 Å². The zero-order valence-corrected chi connectivity index (χ0v) is 14.6. The average Bonchev–Trinajstić information content (AvgIpc) is 2.52. The summed E-state index contributed by atoms with van der Waals surface area (Å²) in [5.74, 6) is 0.940. The van der Waals surface area contributed by atoms with Gasteiger partial charge in [-0.2, -0.15) is 0 Å². The standard InChI is InChI=1S/C19H30O3/c1-15(2)7-6-12-19(4,16(3)13-20)22-14-17-8-10-18(21-5)11-9-17/h7-11,16,20H,6,12-14H2,1-5H3/t16-,19+/m0/s1. The van der Waals surface area contributed by atoms with Crippen molar-refractivity contribution in [3.63, 3.8) is 0 Å². The zero-order chi connectivity index (χ0) is 16.6. The number of benzene rings is 1. The quantitative estimate of drug-likeness (QED) is 0.690. The van der Waals surface area contributed by atoms with Crippen molar-refractivity contribution in [2.45, 2.75) is 52.7 Å². The molecule has 0 spiro atoms. The maximum absolute atomic E-state index is 9.53. The maximum atomic E-state index is 9.53. The Bertz CT molecular complexity index is 460.